The third kappa shape index (κ3) is 2.22. The Labute approximate surface area is 95.3 Å². The minimum absolute atomic E-state index is 0.0897. The van der Waals surface area contributed by atoms with Gasteiger partial charge in [0.15, 0.2) is 5.65 Å². The fraction of sp³-hybridized carbons (Fsp3) is 0.500. The molecule has 2 heterocycles. The molecule has 2 aromatic rings. The van der Waals surface area contributed by atoms with Gasteiger partial charge in [-0.1, -0.05) is 20.8 Å². The molecule has 0 saturated carbocycles. The van der Waals surface area contributed by atoms with Crippen LogP contribution in [0, 0.1) is 5.41 Å². The van der Waals surface area contributed by atoms with Gasteiger partial charge in [-0.05, 0) is 17.5 Å². The summed E-state index contributed by atoms with van der Waals surface area (Å²) in [4.78, 5) is 11.9. The first-order valence-corrected chi connectivity index (χ1v) is 5.52. The van der Waals surface area contributed by atoms with Gasteiger partial charge in [0.1, 0.15) is 5.82 Å². The summed E-state index contributed by atoms with van der Waals surface area (Å²) >= 11 is 0. The average molecular weight is 218 g/mol. The highest BCUT2D eigenvalue weighted by Crippen LogP contribution is 2.20. The molecule has 2 rings (SSSR count). The van der Waals surface area contributed by atoms with Crippen LogP contribution in [-0.4, -0.2) is 21.0 Å². The summed E-state index contributed by atoms with van der Waals surface area (Å²) in [5.74, 6) is 0.913. The number of H-pyrrole nitrogens is 1. The van der Waals surface area contributed by atoms with E-state index in [4.69, 9.17) is 5.73 Å². The van der Waals surface area contributed by atoms with Crippen LogP contribution in [0.3, 0.4) is 0 Å². The minimum atomic E-state index is 0.0897. The first-order chi connectivity index (χ1) is 7.47. The first kappa shape index (κ1) is 11.1. The Hall–Kier alpha value is -1.42. The summed E-state index contributed by atoms with van der Waals surface area (Å²) in [5.41, 5.74) is 7.95. The number of nitrogens with two attached hydrogens (primary N) is 1. The number of hydrogen-bond acceptors (Lipinski definition) is 3. The molecule has 3 N–H and O–H groups in total. The monoisotopic (exact) mass is 218 g/mol. The minimum Gasteiger partial charge on any atom is -0.341 e. The molecule has 0 bridgehead atoms. The first-order valence-electron chi connectivity index (χ1n) is 5.52. The second-order valence-corrected chi connectivity index (χ2v) is 5.23. The molecule has 16 heavy (non-hydrogen) atoms. The molecule has 2 aromatic heterocycles. The normalized spacial score (nSPS) is 14.2. The Morgan fingerprint density at radius 3 is 2.81 bits per heavy atom. The largest absolute Gasteiger partial charge is 0.341 e. The second-order valence-electron chi connectivity index (χ2n) is 5.23. The van der Waals surface area contributed by atoms with Crippen molar-refractivity contribution in [3.63, 3.8) is 0 Å². The van der Waals surface area contributed by atoms with Crippen LogP contribution < -0.4 is 5.73 Å². The average Bonchev–Trinajstić information content (AvgIpc) is 2.58. The molecular formula is C12H18N4. The predicted octanol–water partition coefficient (Wildman–Crippen LogP) is 1.87. The van der Waals surface area contributed by atoms with Crippen LogP contribution in [0.5, 0.6) is 0 Å². The van der Waals surface area contributed by atoms with Gasteiger partial charge in [0.25, 0.3) is 0 Å². The van der Waals surface area contributed by atoms with Gasteiger partial charge in [-0.3, -0.25) is 0 Å². The maximum atomic E-state index is 6.12. The van der Waals surface area contributed by atoms with Crippen molar-refractivity contribution in [3.05, 3.63) is 24.2 Å². The highest BCUT2D eigenvalue weighted by atomic mass is 15.0. The van der Waals surface area contributed by atoms with Crippen molar-refractivity contribution >= 4 is 11.2 Å². The molecule has 0 radical (unpaired) electrons. The lowest BCUT2D eigenvalue weighted by Crippen LogP contribution is -2.37. The Bertz CT molecular complexity index is 448. The van der Waals surface area contributed by atoms with Crippen LogP contribution >= 0.6 is 0 Å². The number of rotatable bonds is 2. The molecule has 0 fully saturated rings. The van der Waals surface area contributed by atoms with E-state index in [0.29, 0.717) is 0 Å². The third-order valence-corrected chi connectivity index (χ3v) is 2.83. The van der Waals surface area contributed by atoms with Gasteiger partial charge in [0.05, 0.1) is 5.52 Å². The molecule has 1 atom stereocenters. The predicted molar refractivity (Wildman–Crippen MR) is 65.0 cm³/mol. The topological polar surface area (TPSA) is 67.6 Å². The molecule has 0 aliphatic rings. The Morgan fingerprint density at radius 2 is 2.19 bits per heavy atom. The highest BCUT2D eigenvalue weighted by molar-refractivity contribution is 5.69. The highest BCUT2D eigenvalue weighted by Gasteiger charge is 2.22. The van der Waals surface area contributed by atoms with E-state index in [9.17, 15) is 0 Å². The van der Waals surface area contributed by atoms with E-state index in [1.54, 1.807) is 6.20 Å². The fourth-order valence-electron chi connectivity index (χ4n) is 1.51. The molecule has 4 nitrogen and oxygen atoms in total. The van der Waals surface area contributed by atoms with Crippen LogP contribution in [0.4, 0.5) is 0 Å². The smallest absolute Gasteiger partial charge is 0.177 e. The summed E-state index contributed by atoms with van der Waals surface area (Å²) in [6.45, 7) is 6.41. The zero-order valence-electron chi connectivity index (χ0n) is 9.99. The van der Waals surface area contributed by atoms with E-state index in [0.717, 1.165) is 23.4 Å². The Morgan fingerprint density at radius 1 is 1.44 bits per heavy atom. The van der Waals surface area contributed by atoms with Crippen LogP contribution in [0.2, 0.25) is 0 Å². The van der Waals surface area contributed by atoms with Crippen LogP contribution in [0.25, 0.3) is 11.2 Å². The lowest BCUT2D eigenvalue weighted by atomic mass is 9.85. The lowest BCUT2D eigenvalue weighted by Gasteiger charge is -2.26. The molecule has 1 unspecified atom stereocenters. The van der Waals surface area contributed by atoms with Crippen LogP contribution in [0.15, 0.2) is 18.3 Å². The van der Waals surface area contributed by atoms with Crippen LogP contribution in [-0.2, 0) is 6.42 Å². The number of pyridine rings is 1. The SMILES string of the molecule is CC(C)(C)C(N)Cc1nc2ncccc2[nH]1. The second kappa shape index (κ2) is 3.87. The molecule has 86 valence electrons. The number of hydrogen-bond donors (Lipinski definition) is 2. The van der Waals surface area contributed by atoms with E-state index >= 15 is 0 Å². The maximum Gasteiger partial charge on any atom is 0.177 e. The number of nitrogens with zero attached hydrogens (tertiary/aromatic N) is 2. The summed E-state index contributed by atoms with van der Waals surface area (Å²) < 4.78 is 0. The van der Waals surface area contributed by atoms with E-state index in [-0.39, 0.29) is 11.5 Å². The van der Waals surface area contributed by atoms with Crippen LogP contribution in [0.1, 0.15) is 26.6 Å². The number of aromatic nitrogens is 3. The number of imidazole rings is 1. The van der Waals surface area contributed by atoms with Crippen molar-refractivity contribution in [2.75, 3.05) is 0 Å². The van der Waals surface area contributed by atoms with Crippen molar-refractivity contribution in [3.8, 4) is 0 Å². The van der Waals surface area contributed by atoms with E-state index in [1.165, 1.54) is 0 Å². The quantitative estimate of drug-likeness (QED) is 0.808. The van der Waals surface area contributed by atoms with Gasteiger partial charge in [-0.25, -0.2) is 9.97 Å². The molecule has 0 aliphatic carbocycles. The van der Waals surface area contributed by atoms with Gasteiger partial charge < -0.3 is 10.7 Å². The number of fused-ring (bicyclic) bond motifs is 1. The van der Waals surface area contributed by atoms with Gasteiger partial charge in [0, 0.05) is 18.7 Å². The summed E-state index contributed by atoms with van der Waals surface area (Å²) in [6, 6.07) is 3.96. The van der Waals surface area contributed by atoms with E-state index in [1.807, 2.05) is 12.1 Å². The zero-order valence-corrected chi connectivity index (χ0v) is 9.99. The number of nitrogens with one attached hydrogen (secondary N) is 1. The van der Waals surface area contributed by atoms with E-state index < -0.39 is 0 Å². The summed E-state index contributed by atoms with van der Waals surface area (Å²) in [5, 5.41) is 0. The summed E-state index contributed by atoms with van der Waals surface area (Å²) in [7, 11) is 0. The lowest BCUT2D eigenvalue weighted by molar-refractivity contribution is 0.315. The third-order valence-electron chi connectivity index (χ3n) is 2.83. The molecule has 4 heteroatoms. The Kier molecular flexibility index (Phi) is 2.68. The molecule has 0 spiro atoms. The fourth-order valence-corrected chi connectivity index (χ4v) is 1.51. The van der Waals surface area contributed by atoms with Gasteiger partial charge in [-0.15, -0.1) is 0 Å². The van der Waals surface area contributed by atoms with Gasteiger partial charge in [0.2, 0.25) is 0 Å². The van der Waals surface area contributed by atoms with E-state index in [2.05, 4.69) is 35.7 Å². The van der Waals surface area contributed by atoms with Crippen molar-refractivity contribution < 1.29 is 0 Å². The van der Waals surface area contributed by atoms with Crippen molar-refractivity contribution in [1.82, 2.24) is 15.0 Å². The van der Waals surface area contributed by atoms with Gasteiger partial charge in [-0.2, -0.15) is 0 Å². The maximum absolute atomic E-state index is 6.12. The molecular weight excluding hydrogens is 200 g/mol. The summed E-state index contributed by atoms with van der Waals surface area (Å²) in [6.07, 6.45) is 2.50. The standard InChI is InChI=1S/C12H18N4/c1-12(2,3)9(13)7-10-15-8-5-4-6-14-11(8)16-10/h4-6,9H,7,13H2,1-3H3,(H,14,15,16). The molecule has 0 saturated heterocycles. The molecule has 0 aliphatic heterocycles. The molecule has 0 amide bonds. The van der Waals surface area contributed by atoms with Crippen molar-refractivity contribution in [1.29, 1.82) is 0 Å². The van der Waals surface area contributed by atoms with Crippen molar-refractivity contribution in [2.24, 2.45) is 11.1 Å². The molecule has 0 aromatic carbocycles. The van der Waals surface area contributed by atoms with Crippen molar-refractivity contribution in [2.45, 2.75) is 33.2 Å². The Balaban J connectivity index is 2.22. The van der Waals surface area contributed by atoms with Gasteiger partial charge >= 0.3 is 0 Å². The number of aromatic amines is 1. The zero-order chi connectivity index (χ0) is 11.8.